The van der Waals surface area contributed by atoms with Crippen molar-refractivity contribution in [2.75, 3.05) is 96.4 Å². The highest BCUT2D eigenvalue weighted by atomic mass is 16.7. The van der Waals surface area contributed by atoms with Crippen molar-refractivity contribution in [1.82, 2.24) is 45.3 Å². The second-order valence-electron chi connectivity index (χ2n) is 36.9. The molecule has 698 valence electrons. The van der Waals surface area contributed by atoms with Crippen LogP contribution in [0.5, 0.6) is 86.2 Å². The van der Waals surface area contributed by atoms with Gasteiger partial charge in [0, 0.05) is 144 Å². The predicted octanol–water partition coefficient (Wildman–Crippen LogP) is 7.84. The molecule has 12 aliphatic rings. The molecule has 36 heteroatoms. The first-order valence-electron chi connectivity index (χ1n) is 44.1. The maximum absolute atomic E-state index is 13.5. The van der Waals surface area contributed by atoms with Crippen LogP contribution in [0.3, 0.4) is 0 Å². The number of nitrogens with one attached hydrogen (secondary N) is 3. The molecule has 12 aliphatic heterocycles. The van der Waals surface area contributed by atoms with Gasteiger partial charge in [-0.05, 0) is 169 Å². The van der Waals surface area contributed by atoms with Crippen LogP contribution in [-0.2, 0) is 67.2 Å². The molecule has 3 saturated heterocycles. The number of aryl methyl sites for hydroxylation is 3. The van der Waals surface area contributed by atoms with Crippen LogP contribution >= 0.6 is 0 Å². The Morgan fingerprint density at radius 1 is 0.489 bits per heavy atom. The molecule has 3 fully saturated rings. The number of ether oxygens (including phenoxy) is 14. The van der Waals surface area contributed by atoms with Gasteiger partial charge in [-0.15, -0.1) is 0 Å². The van der Waals surface area contributed by atoms with Crippen LogP contribution in [0.1, 0.15) is 185 Å². The van der Waals surface area contributed by atoms with Gasteiger partial charge in [0.05, 0.1) is 81.8 Å². The molecule has 0 aliphatic carbocycles. The van der Waals surface area contributed by atoms with E-state index in [1.54, 1.807) is 62.9 Å². The van der Waals surface area contributed by atoms with Gasteiger partial charge < -0.3 is 109 Å². The number of phenolic OH excluding ortho intramolecular Hbond substituents is 3. The Kier molecular flexibility index (Phi) is 25.1. The van der Waals surface area contributed by atoms with E-state index in [0.29, 0.717) is 141 Å². The molecule has 6 aromatic carbocycles. The molecule has 17 atom stereocenters. The van der Waals surface area contributed by atoms with E-state index in [4.69, 9.17) is 77.8 Å². The van der Waals surface area contributed by atoms with Gasteiger partial charge in [-0.25, -0.2) is 4.79 Å². The van der Waals surface area contributed by atoms with Crippen LogP contribution in [0.4, 0.5) is 4.79 Å². The molecule has 6 aromatic rings. The Morgan fingerprint density at radius 2 is 0.855 bits per heavy atom. The molecule has 0 saturated carbocycles. The van der Waals surface area contributed by atoms with Crippen LogP contribution in [0, 0.1) is 75.5 Å². The highest BCUT2D eigenvalue weighted by Crippen LogP contribution is 2.64. The monoisotopic (exact) mass is 1800 g/mol. The number of carbonyl (C=O) groups is 5. The van der Waals surface area contributed by atoms with E-state index in [-0.39, 0.29) is 130 Å². The number of methoxy groups -OCH3 is 4. The first-order valence-corrected chi connectivity index (χ1v) is 44.1. The minimum atomic E-state index is -0.915. The molecule has 12 heterocycles. The second-order valence-corrected chi connectivity index (χ2v) is 36.9. The van der Waals surface area contributed by atoms with Gasteiger partial charge in [-0.3, -0.25) is 48.6 Å². The SMILES string of the molecule is COCOc1c(OC)c(C)cc2c1[C@@H]1C3Cc4c(O)c(C)c5c(c4[C@H](CNC(=O)[C@@H](C)NC(=O)OC(C)(C)C)N3[C@@H](C#N)[C@H](C2)N1C)OCO5.COc1c(C)cc2c(c1O)[C@@H]1C3Cc4c(OC(C)=O)c(C)c5c(c4[C@H](CN)N3[C@@H](C#N)[C@H](C2)N1C)OCO5.COc1c(C)cc2c(c1O)[C@@H]1C3Cc4c(OC(C)=O)c(C)c5c(c4[C@H](CNC(=O)[C@H](C)N)N3[C@@H](C#N)[C@H](C2)N1C)OCO5. The fourth-order valence-electron chi connectivity index (χ4n) is 23.2. The van der Waals surface area contributed by atoms with Crippen molar-refractivity contribution in [2.24, 2.45) is 11.5 Å². The summed E-state index contributed by atoms with van der Waals surface area (Å²) in [6.45, 7) is 22.8. The lowest BCUT2D eigenvalue weighted by Crippen LogP contribution is -2.69. The summed E-state index contributed by atoms with van der Waals surface area (Å²) in [7, 11) is 12.3. The number of rotatable bonds is 16. The number of aromatic hydroxyl groups is 3. The largest absolute Gasteiger partial charge is 0.507 e. The lowest BCUT2D eigenvalue weighted by molar-refractivity contribution is -0.133. The number of alkyl carbamates (subject to hydrolysis) is 1. The molecule has 36 nitrogen and oxygen atoms in total. The Labute approximate surface area is 760 Å². The first-order chi connectivity index (χ1) is 62.4. The van der Waals surface area contributed by atoms with Crippen molar-refractivity contribution in [3.05, 3.63) is 118 Å². The molecular formula is C95H116N14O22. The van der Waals surface area contributed by atoms with Crippen LogP contribution in [0.15, 0.2) is 18.2 Å². The quantitative estimate of drug-likeness (QED) is 0.0260. The van der Waals surface area contributed by atoms with Crippen molar-refractivity contribution >= 4 is 29.8 Å². The minimum absolute atomic E-state index is 0.00939. The lowest BCUT2D eigenvalue weighted by atomic mass is 9.71. The van der Waals surface area contributed by atoms with Crippen LogP contribution in [-0.4, -0.2) is 243 Å². The van der Waals surface area contributed by atoms with Crippen LogP contribution in [0.25, 0.3) is 0 Å². The van der Waals surface area contributed by atoms with Crippen molar-refractivity contribution < 1.29 is 106 Å². The maximum Gasteiger partial charge on any atom is 0.408 e. The Balaban J connectivity index is 0.000000145. The van der Waals surface area contributed by atoms with Gasteiger partial charge in [-0.1, -0.05) is 18.2 Å². The summed E-state index contributed by atoms with van der Waals surface area (Å²) in [5.74, 6) is 4.58. The molecule has 0 radical (unpaired) electrons. The van der Waals surface area contributed by atoms with Gasteiger partial charge in [0.15, 0.2) is 75.8 Å². The minimum Gasteiger partial charge on any atom is -0.507 e. The number of nitriles is 3. The van der Waals surface area contributed by atoms with Gasteiger partial charge >= 0.3 is 18.0 Å². The number of likely N-dealkylation sites (N-methyl/N-ethyl adjacent to an activating group) is 3. The summed E-state index contributed by atoms with van der Waals surface area (Å²) in [6, 6.07) is 6.75. The highest BCUT2D eigenvalue weighted by molar-refractivity contribution is 5.86. The van der Waals surface area contributed by atoms with Gasteiger partial charge in [0.1, 0.15) is 47.0 Å². The van der Waals surface area contributed by atoms with Gasteiger partial charge in [-0.2, -0.15) is 15.8 Å². The van der Waals surface area contributed by atoms with E-state index in [2.05, 4.69) is 75.7 Å². The summed E-state index contributed by atoms with van der Waals surface area (Å²) in [5.41, 5.74) is 26.1. The van der Waals surface area contributed by atoms with Crippen molar-refractivity contribution in [3.8, 4) is 104 Å². The number of nitrogens with zero attached hydrogens (tertiary/aromatic N) is 9. The number of piperazine rings is 3. The third kappa shape index (κ3) is 15.2. The summed E-state index contributed by atoms with van der Waals surface area (Å²) in [5, 5.41) is 75.5. The molecule has 0 spiro atoms. The van der Waals surface area contributed by atoms with Crippen LogP contribution in [0.2, 0.25) is 0 Å². The van der Waals surface area contributed by atoms with Crippen molar-refractivity contribution in [3.63, 3.8) is 0 Å². The average Bonchev–Trinajstić information content (AvgIpc) is 1.47. The number of benzene rings is 6. The van der Waals surface area contributed by atoms with Gasteiger partial charge in [0.2, 0.25) is 32.2 Å². The highest BCUT2D eigenvalue weighted by Gasteiger charge is 2.62. The summed E-state index contributed by atoms with van der Waals surface area (Å²) in [4.78, 5) is 76.4. The van der Waals surface area contributed by atoms with Crippen molar-refractivity contribution in [2.45, 2.75) is 237 Å². The fourth-order valence-corrected chi connectivity index (χ4v) is 23.2. The number of amides is 3. The summed E-state index contributed by atoms with van der Waals surface area (Å²) < 4.78 is 81.1. The molecule has 10 N–H and O–H groups in total. The molecular weight excluding hydrogens is 1690 g/mol. The number of carbonyl (C=O) groups excluding carboxylic acids is 5. The Morgan fingerprint density at radius 3 is 1.24 bits per heavy atom. The first kappa shape index (κ1) is 92.3. The Bertz CT molecular complexity index is 5800. The number of hydrogen-bond acceptors (Lipinski definition) is 33. The number of phenols is 3. The summed E-state index contributed by atoms with van der Waals surface area (Å²) >= 11 is 0. The van der Waals surface area contributed by atoms with E-state index in [1.165, 1.54) is 21.0 Å². The third-order valence-electron chi connectivity index (χ3n) is 28.3. The second kappa shape index (κ2) is 35.6. The third-order valence-corrected chi connectivity index (χ3v) is 28.3. The summed E-state index contributed by atoms with van der Waals surface area (Å²) in [6.07, 6.45) is 2.22. The number of fused-ring (bicyclic) bond motifs is 27. The van der Waals surface area contributed by atoms with E-state index < -0.39 is 71.8 Å². The Hall–Kier alpha value is -12.0. The van der Waals surface area contributed by atoms with E-state index in [9.17, 15) is 55.1 Å². The zero-order valence-electron chi connectivity index (χ0n) is 77.5. The van der Waals surface area contributed by atoms with Crippen molar-refractivity contribution in [1.29, 1.82) is 15.8 Å². The molecule has 6 bridgehead atoms. The smallest absolute Gasteiger partial charge is 0.408 e. The van der Waals surface area contributed by atoms with E-state index in [1.807, 2.05) is 61.8 Å². The molecule has 3 unspecified atom stereocenters. The molecule has 131 heavy (non-hydrogen) atoms. The lowest BCUT2D eigenvalue weighted by Gasteiger charge is -2.60. The molecule has 18 rings (SSSR count). The predicted molar refractivity (Wildman–Crippen MR) is 471 cm³/mol. The maximum atomic E-state index is 13.5. The fraction of sp³-hybridized carbons (Fsp3) is 0.537. The number of nitrogens with two attached hydrogens (primary N) is 2. The topological polar surface area (TPSA) is 454 Å². The average molecular weight is 1810 g/mol. The normalized spacial score (nSPS) is 25.6. The molecule has 3 amide bonds. The number of esters is 2. The van der Waals surface area contributed by atoms with Crippen LogP contribution < -0.4 is 84.3 Å². The van der Waals surface area contributed by atoms with E-state index in [0.717, 1.165) is 66.8 Å². The standard InChI is InChI=1S/C36H47N5O9.C31H37N5O7.C28H32N4O6/c1-17-10-20-11-22-24(13-37)41-23(28(40(22)7)26(20)32(30(17)46-9)47-15-45-8)12-21-27(33-31(48-16-49-33)18(2)29(21)42)25(41)14-38-34(43)19(3)39-35(44)50-36(4,5)6;1-13-7-17-8-19-21(10-32)36-20(25(35(19)5)23(17)26(38)27(13)40-6)9-18-24(22(36)11-34-31(39)15(3)33)30-29(41-12-42-30)14(2)28(18)43-16(4)37;1-12-6-15-7-17-19(9-29)32-18(23(31(17)4)21(15)24(34)25(12)35-5)8-16-22(20(32)10-30)28-27(36-11-37-28)13(2)26(16)38-14(3)33/h10,19,22-25,28,42H,11-12,14-16H2,1-9H3,(H,38,43)(H,39,44);7,15,19-22,25,38H,8-9,11-12,33H2,1-6H3,(H,34,39);6,17-20,23,34H,7-8,10-11,30H2,1-5H3/t19-,22+,23?,24+,25+,28+;15-,19-,20?,21-,22-,25-;17-,18?,19-,20-,23-/m100/s1. The zero-order valence-corrected chi connectivity index (χ0v) is 77.5. The zero-order chi connectivity index (χ0) is 94.2. The van der Waals surface area contributed by atoms with E-state index >= 15 is 0 Å². The van der Waals surface area contributed by atoms with Gasteiger partial charge in [0.25, 0.3) is 0 Å². The number of hydrogen-bond donors (Lipinski definition) is 8. The molecule has 0 aromatic heterocycles.